The molecule has 0 aromatic heterocycles. The summed E-state index contributed by atoms with van der Waals surface area (Å²) in [4.78, 5) is 76.5. The molecule has 0 heterocycles. The lowest BCUT2D eigenvalue weighted by Gasteiger charge is -2.20. The molecule has 2 unspecified atom stereocenters. The minimum atomic E-state index is -0.767. The summed E-state index contributed by atoms with van der Waals surface area (Å²) in [5.41, 5.74) is 6.45. The Hall–Kier alpha value is -8.38. The van der Waals surface area contributed by atoms with Crippen LogP contribution in [0.15, 0.2) is 182 Å². The summed E-state index contributed by atoms with van der Waals surface area (Å²) in [5.74, 6) is -2.15. The van der Waals surface area contributed by atoms with Crippen molar-refractivity contribution in [1.82, 2.24) is 0 Å². The first-order valence-electron chi connectivity index (χ1n) is 22.7. The van der Waals surface area contributed by atoms with Crippen molar-refractivity contribution in [2.75, 3.05) is 26.4 Å². The fourth-order valence-corrected chi connectivity index (χ4v) is 6.86. The maximum Gasteiger partial charge on any atom is 0.333 e. The van der Waals surface area contributed by atoms with Crippen LogP contribution in [0.5, 0.6) is 11.5 Å². The fraction of sp³-hybridized carbons (Fsp3) is 0.207. The molecule has 358 valence electrons. The van der Waals surface area contributed by atoms with Gasteiger partial charge >= 0.3 is 23.9 Å². The first kappa shape index (κ1) is 51.0. The molecule has 70 heavy (non-hydrogen) atoms. The van der Waals surface area contributed by atoms with Gasteiger partial charge in [0.05, 0.1) is 26.1 Å². The van der Waals surface area contributed by atoms with Gasteiger partial charge in [-0.2, -0.15) is 0 Å². The van der Waals surface area contributed by atoms with Crippen molar-refractivity contribution >= 4 is 35.4 Å². The number of ether oxygens (including phenoxy) is 6. The molecule has 0 aliphatic carbocycles. The molecule has 0 bridgehead atoms. The van der Waals surface area contributed by atoms with E-state index >= 15 is 0 Å². The van der Waals surface area contributed by atoms with E-state index in [0.29, 0.717) is 33.8 Å². The first-order chi connectivity index (χ1) is 33.8. The number of carbonyl (C=O) groups excluding carboxylic acids is 6. The summed E-state index contributed by atoms with van der Waals surface area (Å²) >= 11 is 0. The highest BCUT2D eigenvalue weighted by Crippen LogP contribution is 2.24. The second-order valence-corrected chi connectivity index (χ2v) is 16.3. The highest BCUT2D eigenvalue weighted by atomic mass is 16.6. The molecule has 0 N–H and O–H groups in total. The standard InChI is InChI=1S/C58H54O12/c1-39(2)57(63)65-35-33-51(69-49-27-23-47(24-28-49)55(61)45-19-15-43(16-20-45)41-11-7-5-8-12-41)37-67-53(59)31-32-54(60)68-38-52(34-36-66-58(64)40(3)4)70-50-29-25-48(26-30-50)56(62)46-21-17-44(18-22-46)42-13-9-6-10-14-42/h5-30,51-52H,1,3,31-38H2,2,4H3. The maximum atomic E-state index is 13.3. The Morgan fingerprint density at radius 1 is 0.400 bits per heavy atom. The Labute approximate surface area is 407 Å². The van der Waals surface area contributed by atoms with Crippen LogP contribution in [-0.4, -0.2) is 74.1 Å². The molecule has 0 saturated heterocycles. The van der Waals surface area contributed by atoms with Crippen LogP contribution in [0.3, 0.4) is 0 Å². The monoisotopic (exact) mass is 942 g/mol. The Morgan fingerprint density at radius 2 is 0.700 bits per heavy atom. The lowest BCUT2D eigenvalue weighted by molar-refractivity contribution is -0.153. The number of benzene rings is 6. The average molecular weight is 943 g/mol. The van der Waals surface area contributed by atoms with Crippen LogP contribution >= 0.6 is 0 Å². The molecule has 6 aromatic rings. The third-order valence-electron chi connectivity index (χ3n) is 10.8. The zero-order valence-corrected chi connectivity index (χ0v) is 39.1. The van der Waals surface area contributed by atoms with Gasteiger partial charge in [-0.3, -0.25) is 19.2 Å². The quantitative estimate of drug-likeness (QED) is 0.0232. The molecule has 12 nitrogen and oxygen atoms in total. The zero-order valence-electron chi connectivity index (χ0n) is 39.1. The molecule has 2 atom stereocenters. The number of esters is 4. The van der Waals surface area contributed by atoms with Gasteiger partial charge < -0.3 is 28.4 Å². The number of hydrogen-bond donors (Lipinski definition) is 0. The number of ketones is 2. The molecule has 6 rings (SSSR count). The van der Waals surface area contributed by atoms with Gasteiger partial charge in [0, 0.05) is 46.2 Å². The normalized spacial score (nSPS) is 11.5. The molecule has 0 radical (unpaired) electrons. The predicted molar refractivity (Wildman–Crippen MR) is 264 cm³/mol. The van der Waals surface area contributed by atoms with Crippen molar-refractivity contribution in [3.63, 3.8) is 0 Å². The summed E-state index contributed by atoms with van der Waals surface area (Å²) in [6.45, 7) is 9.63. The largest absolute Gasteiger partial charge is 0.487 e. The highest BCUT2D eigenvalue weighted by molar-refractivity contribution is 6.10. The van der Waals surface area contributed by atoms with Crippen LogP contribution in [0, 0.1) is 0 Å². The molecular weight excluding hydrogens is 889 g/mol. The van der Waals surface area contributed by atoms with Gasteiger partial charge in [0.1, 0.15) is 36.9 Å². The summed E-state index contributed by atoms with van der Waals surface area (Å²) in [6, 6.07) is 47.5. The molecule has 0 saturated carbocycles. The molecule has 0 fully saturated rings. The molecule has 0 spiro atoms. The average Bonchev–Trinajstić information content (AvgIpc) is 3.39. The molecule has 0 aliphatic rings. The first-order valence-corrected chi connectivity index (χ1v) is 22.7. The van der Waals surface area contributed by atoms with E-state index in [9.17, 15) is 28.8 Å². The summed E-state index contributed by atoms with van der Waals surface area (Å²) in [6.07, 6.45) is -1.87. The molecule has 0 aliphatic heterocycles. The Kier molecular flexibility index (Phi) is 18.7. The molecule has 6 aromatic carbocycles. The summed E-state index contributed by atoms with van der Waals surface area (Å²) in [5, 5.41) is 0. The summed E-state index contributed by atoms with van der Waals surface area (Å²) in [7, 11) is 0. The van der Waals surface area contributed by atoms with Crippen molar-refractivity contribution in [3.8, 4) is 33.8 Å². The van der Waals surface area contributed by atoms with Crippen LogP contribution in [0.2, 0.25) is 0 Å². The van der Waals surface area contributed by atoms with Crippen LogP contribution in [-0.2, 0) is 38.1 Å². The van der Waals surface area contributed by atoms with Gasteiger partial charge in [-0.05, 0) is 84.6 Å². The third-order valence-corrected chi connectivity index (χ3v) is 10.8. The van der Waals surface area contributed by atoms with Crippen LogP contribution in [0.1, 0.15) is 71.4 Å². The third kappa shape index (κ3) is 15.6. The highest BCUT2D eigenvalue weighted by Gasteiger charge is 2.20. The predicted octanol–water partition coefficient (Wildman–Crippen LogP) is 10.6. The van der Waals surface area contributed by atoms with E-state index in [2.05, 4.69) is 13.2 Å². The molecule has 0 amide bonds. The SMILES string of the molecule is C=C(C)C(=O)OCCC(COC(=O)CCC(=O)OCC(CCOC(=O)C(=C)C)Oc1ccc(C(=O)c2ccc(-c3ccccc3)cc2)cc1)Oc1ccc(C(=O)c2ccc(-c3ccccc3)cc2)cc1. The van der Waals surface area contributed by atoms with E-state index in [1.54, 1.807) is 72.8 Å². The Balaban J connectivity index is 0.995. The Bertz CT molecular complexity index is 2550. The van der Waals surface area contributed by atoms with Gasteiger partial charge in [0.2, 0.25) is 0 Å². The van der Waals surface area contributed by atoms with Crippen molar-refractivity contribution in [1.29, 1.82) is 0 Å². The fourth-order valence-electron chi connectivity index (χ4n) is 6.86. The number of carbonyl (C=O) groups is 6. The van der Waals surface area contributed by atoms with Gasteiger partial charge in [-0.25, -0.2) is 9.59 Å². The number of rotatable bonds is 25. The summed E-state index contributed by atoms with van der Waals surface area (Å²) < 4.78 is 33.7. The minimum Gasteiger partial charge on any atom is -0.487 e. The Morgan fingerprint density at radius 3 is 1.01 bits per heavy atom. The van der Waals surface area contributed by atoms with E-state index in [1.807, 2.05) is 84.9 Å². The molecule has 12 heteroatoms. The van der Waals surface area contributed by atoms with Gasteiger partial charge in [0.15, 0.2) is 11.6 Å². The van der Waals surface area contributed by atoms with Crippen molar-refractivity contribution in [2.45, 2.75) is 51.7 Å². The smallest absolute Gasteiger partial charge is 0.333 e. The second kappa shape index (κ2) is 25.7. The van der Waals surface area contributed by atoms with Gasteiger partial charge in [-0.15, -0.1) is 0 Å². The van der Waals surface area contributed by atoms with E-state index in [4.69, 9.17) is 28.4 Å². The lowest BCUT2D eigenvalue weighted by Crippen LogP contribution is -2.28. The molecular formula is C58H54O12. The van der Waals surface area contributed by atoms with Gasteiger partial charge in [-0.1, -0.05) is 122 Å². The minimum absolute atomic E-state index is 0.0579. The lowest BCUT2D eigenvalue weighted by atomic mass is 9.99. The van der Waals surface area contributed by atoms with E-state index in [1.165, 1.54) is 13.8 Å². The second-order valence-electron chi connectivity index (χ2n) is 16.3. The van der Waals surface area contributed by atoms with E-state index < -0.39 is 36.1 Å². The maximum absolute atomic E-state index is 13.3. The van der Waals surface area contributed by atoms with Crippen LogP contribution in [0.4, 0.5) is 0 Å². The van der Waals surface area contributed by atoms with Gasteiger partial charge in [0.25, 0.3) is 0 Å². The number of hydrogen-bond acceptors (Lipinski definition) is 12. The zero-order chi connectivity index (χ0) is 49.8. The van der Waals surface area contributed by atoms with Crippen molar-refractivity contribution in [3.05, 3.63) is 204 Å². The van der Waals surface area contributed by atoms with E-state index in [0.717, 1.165) is 22.3 Å². The van der Waals surface area contributed by atoms with Crippen LogP contribution < -0.4 is 9.47 Å². The topological polar surface area (TPSA) is 158 Å². The van der Waals surface area contributed by atoms with Crippen LogP contribution in [0.25, 0.3) is 22.3 Å². The van der Waals surface area contributed by atoms with Crippen molar-refractivity contribution < 1.29 is 57.2 Å². The van der Waals surface area contributed by atoms with Crippen molar-refractivity contribution in [2.24, 2.45) is 0 Å². The van der Waals surface area contributed by atoms with E-state index in [-0.39, 0.29) is 74.8 Å².